The van der Waals surface area contributed by atoms with Crippen molar-refractivity contribution in [2.45, 2.75) is 26.7 Å². The Morgan fingerprint density at radius 1 is 1.27 bits per heavy atom. The molecule has 0 aliphatic rings. The van der Waals surface area contributed by atoms with Crippen molar-refractivity contribution < 1.29 is 14.1 Å². The fourth-order valence-corrected chi connectivity index (χ4v) is 3.41. The van der Waals surface area contributed by atoms with E-state index in [2.05, 4.69) is 15.5 Å². The van der Waals surface area contributed by atoms with Crippen LogP contribution in [-0.4, -0.2) is 29.7 Å². The number of nitrogens with zero attached hydrogens (tertiary/aromatic N) is 2. The van der Waals surface area contributed by atoms with Crippen molar-refractivity contribution in [3.63, 3.8) is 0 Å². The van der Waals surface area contributed by atoms with Crippen molar-refractivity contribution in [3.8, 4) is 17.0 Å². The van der Waals surface area contributed by atoms with Gasteiger partial charge in [0.1, 0.15) is 11.5 Å². The van der Waals surface area contributed by atoms with Gasteiger partial charge in [0.2, 0.25) is 5.91 Å². The Kier molecular flexibility index (Phi) is 5.68. The fraction of sp³-hybridized carbons (Fsp3) is 0.316. The van der Waals surface area contributed by atoms with Crippen LogP contribution in [0, 0.1) is 13.8 Å². The first-order valence-electron chi connectivity index (χ1n) is 8.34. The molecule has 1 amide bonds. The van der Waals surface area contributed by atoms with Gasteiger partial charge in [-0.15, -0.1) is 11.3 Å². The van der Waals surface area contributed by atoms with Gasteiger partial charge in [0.15, 0.2) is 0 Å². The molecule has 6 nitrogen and oxygen atoms in total. The summed E-state index contributed by atoms with van der Waals surface area (Å²) in [5.74, 6) is 1.48. The third-order valence-corrected chi connectivity index (χ3v) is 5.03. The van der Waals surface area contributed by atoms with Gasteiger partial charge in [-0.25, -0.2) is 4.98 Å². The minimum atomic E-state index is -0.0358. The number of methoxy groups -OCH3 is 1. The molecule has 3 rings (SSSR count). The highest BCUT2D eigenvalue weighted by molar-refractivity contribution is 7.09. The van der Waals surface area contributed by atoms with Crippen molar-refractivity contribution in [2.24, 2.45) is 0 Å². The summed E-state index contributed by atoms with van der Waals surface area (Å²) < 4.78 is 10.3. The molecule has 0 saturated heterocycles. The number of nitrogens with one attached hydrogen (secondary N) is 1. The van der Waals surface area contributed by atoms with E-state index in [-0.39, 0.29) is 12.3 Å². The lowest BCUT2D eigenvalue weighted by Crippen LogP contribution is -2.27. The lowest BCUT2D eigenvalue weighted by Gasteiger charge is -2.04. The van der Waals surface area contributed by atoms with Crippen LogP contribution in [0.2, 0.25) is 0 Å². The second-order valence-corrected chi connectivity index (χ2v) is 6.88. The van der Waals surface area contributed by atoms with E-state index in [0.717, 1.165) is 33.3 Å². The molecular weight excluding hydrogens is 350 g/mol. The highest BCUT2D eigenvalue weighted by atomic mass is 32.1. The van der Waals surface area contributed by atoms with Gasteiger partial charge in [0.05, 0.1) is 29.9 Å². The minimum Gasteiger partial charge on any atom is -0.497 e. The Morgan fingerprint density at radius 3 is 2.69 bits per heavy atom. The van der Waals surface area contributed by atoms with Crippen LogP contribution in [0.25, 0.3) is 11.3 Å². The van der Waals surface area contributed by atoms with E-state index in [1.807, 2.05) is 43.5 Å². The first-order valence-corrected chi connectivity index (χ1v) is 9.22. The zero-order chi connectivity index (χ0) is 18.5. The number of ether oxygens (including phenoxy) is 1. The molecule has 0 aliphatic heterocycles. The molecule has 0 radical (unpaired) electrons. The maximum atomic E-state index is 12.1. The molecule has 2 aromatic heterocycles. The van der Waals surface area contributed by atoms with Crippen molar-refractivity contribution in [2.75, 3.05) is 13.7 Å². The smallest absolute Gasteiger partial charge is 0.224 e. The van der Waals surface area contributed by atoms with Crippen LogP contribution in [0.3, 0.4) is 0 Å². The van der Waals surface area contributed by atoms with Gasteiger partial charge in [-0.3, -0.25) is 4.79 Å². The van der Waals surface area contributed by atoms with Crippen LogP contribution in [0.15, 0.2) is 34.2 Å². The molecule has 0 atom stereocenters. The second-order valence-electron chi connectivity index (χ2n) is 5.93. The fourth-order valence-electron chi connectivity index (χ4n) is 2.61. The Hall–Kier alpha value is -2.67. The van der Waals surface area contributed by atoms with Gasteiger partial charge in [0.25, 0.3) is 0 Å². The van der Waals surface area contributed by atoms with E-state index in [1.54, 1.807) is 18.4 Å². The average molecular weight is 371 g/mol. The Balaban J connectivity index is 1.51. The van der Waals surface area contributed by atoms with Gasteiger partial charge in [-0.2, -0.15) is 0 Å². The van der Waals surface area contributed by atoms with Gasteiger partial charge in [0, 0.05) is 29.5 Å². The first kappa shape index (κ1) is 18.1. The summed E-state index contributed by atoms with van der Waals surface area (Å²) in [6.45, 7) is 4.21. The van der Waals surface area contributed by atoms with Crippen molar-refractivity contribution >= 4 is 17.2 Å². The molecular formula is C19H21N3O3S. The summed E-state index contributed by atoms with van der Waals surface area (Å²) in [7, 11) is 1.65. The highest BCUT2D eigenvalue weighted by Crippen LogP contribution is 2.24. The quantitative estimate of drug-likeness (QED) is 0.689. The molecule has 0 spiro atoms. The number of hydrogen-bond donors (Lipinski definition) is 1. The van der Waals surface area contributed by atoms with E-state index in [9.17, 15) is 4.79 Å². The molecule has 3 aromatic rings. The van der Waals surface area contributed by atoms with Crippen LogP contribution in [0.4, 0.5) is 0 Å². The lowest BCUT2D eigenvalue weighted by molar-refractivity contribution is -0.120. The summed E-state index contributed by atoms with van der Waals surface area (Å²) in [4.78, 5) is 16.7. The van der Waals surface area contributed by atoms with Crippen LogP contribution >= 0.6 is 11.3 Å². The summed E-state index contributed by atoms with van der Waals surface area (Å²) in [5, 5.41) is 9.82. The molecule has 2 heterocycles. The third-order valence-electron chi connectivity index (χ3n) is 4.12. The van der Waals surface area contributed by atoms with Gasteiger partial charge in [-0.1, -0.05) is 5.16 Å². The highest BCUT2D eigenvalue weighted by Gasteiger charge is 2.13. The minimum absolute atomic E-state index is 0.0358. The molecule has 0 unspecified atom stereocenters. The summed E-state index contributed by atoms with van der Waals surface area (Å²) in [6.07, 6.45) is 0.990. The van der Waals surface area contributed by atoms with E-state index in [4.69, 9.17) is 9.26 Å². The molecule has 1 N–H and O–H groups in total. The maximum Gasteiger partial charge on any atom is 0.224 e. The Labute approximate surface area is 156 Å². The standard InChI is InChI=1S/C19H21N3O3S/c1-12-16(13(2)25-22-12)10-18(23)20-9-8-19-21-17(11-26-19)14-4-6-15(24-3)7-5-14/h4-7,11H,8-10H2,1-3H3,(H,20,23). The van der Waals surface area contributed by atoms with Crippen LogP contribution in [-0.2, 0) is 17.6 Å². The predicted octanol–water partition coefficient (Wildman–Crippen LogP) is 3.32. The Morgan fingerprint density at radius 2 is 2.04 bits per heavy atom. The van der Waals surface area contributed by atoms with Crippen molar-refractivity contribution in [1.82, 2.24) is 15.5 Å². The van der Waals surface area contributed by atoms with Gasteiger partial charge < -0.3 is 14.6 Å². The summed E-state index contributed by atoms with van der Waals surface area (Å²) in [5.41, 5.74) is 3.62. The molecule has 26 heavy (non-hydrogen) atoms. The number of aryl methyl sites for hydroxylation is 2. The third kappa shape index (κ3) is 4.29. The van der Waals surface area contributed by atoms with E-state index in [1.165, 1.54) is 0 Å². The van der Waals surface area contributed by atoms with Crippen LogP contribution in [0.5, 0.6) is 5.75 Å². The summed E-state index contributed by atoms with van der Waals surface area (Å²) >= 11 is 1.60. The zero-order valence-electron chi connectivity index (χ0n) is 15.0. The number of benzene rings is 1. The topological polar surface area (TPSA) is 77.2 Å². The molecule has 0 fully saturated rings. The number of carbonyl (C=O) groups is 1. The van der Waals surface area contributed by atoms with Gasteiger partial charge in [-0.05, 0) is 38.1 Å². The van der Waals surface area contributed by atoms with Gasteiger partial charge >= 0.3 is 0 Å². The normalized spacial score (nSPS) is 10.7. The number of carbonyl (C=O) groups excluding carboxylic acids is 1. The molecule has 0 aliphatic carbocycles. The number of rotatable bonds is 7. The average Bonchev–Trinajstić information content (AvgIpc) is 3.24. The molecule has 0 saturated carbocycles. The van der Waals surface area contributed by atoms with Crippen molar-refractivity contribution in [1.29, 1.82) is 0 Å². The second kappa shape index (κ2) is 8.14. The molecule has 0 bridgehead atoms. The van der Waals surface area contributed by atoms with E-state index >= 15 is 0 Å². The monoisotopic (exact) mass is 371 g/mol. The number of amides is 1. The maximum absolute atomic E-state index is 12.1. The largest absolute Gasteiger partial charge is 0.497 e. The summed E-state index contributed by atoms with van der Waals surface area (Å²) in [6, 6.07) is 7.82. The SMILES string of the molecule is COc1ccc(-c2csc(CCNC(=O)Cc3c(C)noc3C)n2)cc1. The molecule has 1 aromatic carbocycles. The van der Waals surface area contributed by atoms with E-state index in [0.29, 0.717) is 18.7 Å². The zero-order valence-corrected chi connectivity index (χ0v) is 15.9. The number of hydrogen-bond acceptors (Lipinski definition) is 6. The number of aromatic nitrogens is 2. The molecule has 136 valence electrons. The first-order chi connectivity index (χ1) is 12.6. The molecule has 7 heteroatoms. The Bertz CT molecular complexity index is 864. The number of thiazole rings is 1. The van der Waals surface area contributed by atoms with Crippen LogP contribution in [0.1, 0.15) is 22.0 Å². The predicted molar refractivity (Wildman–Crippen MR) is 100 cm³/mol. The van der Waals surface area contributed by atoms with Crippen LogP contribution < -0.4 is 10.1 Å². The van der Waals surface area contributed by atoms with Crippen molar-refractivity contribution in [3.05, 3.63) is 51.7 Å². The van der Waals surface area contributed by atoms with E-state index < -0.39 is 0 Å². The lowest BCUT2D eigenvalue weighted by atomic mass is 10.1.